The molecule has 1 aliphatic carbocycles. The predicted molar refractivity (Wildman–Crippen MR) is 77.8 cm³/mol. The zero-order valence-corrected chi connectivity index (χ0v) is 12.0. The van der Waals surface area contributed by atoms with Crippen LogP contribution in [0.15, 0.2) is 18.2 Å². The number of unbranched alkanes of at least 4 members (excludes halogenated alkanes) is 2. The van der Waals surface area contributed by atoms with E-state index >= 15 is 0 Å². The molecule has 4 nitrogen and oxygen atoms in total. The van der Waals surface area contributed by atoms with Crippen LogP contribution in [0.2, 0.25) is 0 Å². The molecule has 108 valence electrons. The monoisotopic (exact) mass is 274 g/mol. The van der Waals surface area contributed by atoms with E-state index in [1.807, 2.05) is 12.1 Å². The smallest absolute Gasteiger partial charge is 0.161 e. The van der Waals surface area contributed by atoms with Crippen LogP contribution in [-0.4, -0.2) is 19.8 Å². The van der Waals surface area contributed by atoms with Crippen LogP contribution in [0, 0.1) is 11.3 Å². The van der Waals surface area contributed by atoms with Crippen molar-refractivity contribution in [2.45, 2.75) is 44.7 Å². The Balaban J connectivity index is 1.82. The molecule has 1 N–H and O–H groups in total. The van der Waals surface area contributed by atoms with E-state index in [0.29, 0.717) is 19.1 Å². The summed E-state index contributed by atoms with van der Waals surface area (Å²) in [4.78, 5) is 0. The van der Waals surface area contributed by atoms with Gasteiger partial charge in [0.25, 0.3) is 0 Å². The van der Waals surface area contributed by atoms with E-state index in [1.54, 1.807) is 7.11 Å². The van der Waals surface area contributed by atoms with Gasteiger partial charge in [-0.1, -0.05) is 6.07 Å². The summed E-state index contributed by atoms with van der Waals surface area (Å²) in [5, 5.41) is 12.0. The van der Waals surface area contributed by atoms with E-state index in [2.05, 4.69) is 17.5 Å². The van der Waals surface area contributed by atoms with Crippen LogP contribution >= 0.6 is 0 Å². The molecule has 1 saturated carbocycles. The largest absolute Gasteiger partial charge is 0.493 e. The molecule has 0 saturated heterocycles. The SMILES string of the molecule is COc1cc(CNC2CC2)ccc1OCCCCC#N. The summed E-state index contributed by atoms with van der Waals surface area (Å²) in [6.07, 6.45) is 4.94. The summed E-state index contributed by atoms with van der Waals surface area (Å²) in [6, 6.07) is 8.91. The van der Waals surface area contributed by atoms with Crippen molar-refractivity contribution in [2.24, 2.45) is 0 Å². The Hall–Kier alpha value is -1.73. The van der Waals surface area contributed by atoms with E-state index in [1.165, 1.54) is 18.4 Å². The molecular formula is C16H22N2O2. The van der Waals surface area contributed by atoms with Gasteiger partial charge in [0, 0.05) is 19.0 Å². The number of hydrogen-bond donors (Lipinski definition) is 1. The van der Waals surface area contributed by atoms with Crippen molar-refractivity contribution in [3.63, 3.8) is 0 Å². The first kappa shape index (κ1) is 14.7. The van der Waals surface area contributed by atoms with Gasteiger partial charge in [0.1, 0.15) is 0 Å². The molecule has 0 spiro atoms. The highest BCUT2D eigenvalue weighted by atomic mass is 16.5. The number of nitriles is 1. The van der Waals surface area contributed by atoms with Crippen molar-refractivity contribution in [3.8, 4) is 17.6 Å². The number of nitrogens with one attached hydrogen (secondary N) is 1. The molecule has 2 rings (SSSR count). The van der Waals surface area contributed by atoms with Crippen LogP contribution in [0.3, 0.4) is 0 Å². The second kappa shape index (κ2) is 7.76. The van der Waals surface area contributed by atoms with Gasteiger partial charge in [-0.25, -0.2) is 0 Å². The van der Waals surface area contributed by atoms with Gasteiger partial charge in [-0.2, -0.15) is 5.26 Å². The Morgan fingerprint density at radius 1 is 1.30 bits per heavy atom. The van der Waals surface area contributed by atoms with Crippen LogP contribution in [0.25, 0.3) is 0 Å². The number of ether oxygens (including phenoxy) is 2. The minimum atomic E-state index is 0.590. The highest BCUT2D eigenvalue weighted by Gasteiger charge is 2.20. The van der Waals surface area contributed by atoms with Crippen LogP contribution in [0.1, 0.15) is 37.7 Å². The zero-order valence-electron chi connectivity index (χ0n) is 12.0. The lowest BCUT2D eigenvalue weighted by Crippen LogP contribution is -2.15. The standard InChI is InChI=1S/C16H22N2O2/c1-19-16-11-13(12-18-14-6-7-14)5-8-15(16)20-10-4-2-3-9-17/h5,8,11,14,18H,2-4,6-7,10,12H2,1H3. The fourth-order valence-corrected chi connectivity index (χ4v) is 1.98. The van der Waals surface area contributed by atoms with Crippen molar-refractivity contribution < 1.29 is 9.47 Å². The van der Waals surface area contributed by atoms with Gasteiger partial charge in [0.2, 0.25) is 0 Å². The van der Waals surface area contributed by atoms with Crippen molar-refractivity contribution in [1.29, 1.82) is 5.26 Å². The third-order valence-electron chi connectivity index (χ3n) is 3.34. The van der Waals surface area contributed by atoms with Gasteiger partial charge in [0.05, 0.1) is 19.8 Å². The molecule has 0 unspecified atom stereocenters. The lowest BCUT2D eigenvalue weighted by Gasteiger charge is -2.12. The molecule has 20 heavy (non-hydrogen) atoms. The normalized spacial score (nSPS) is 13.8. The maximum atomic E-state index is 8.47. The molecule has 1 aliphatic rings. The molecule has 0 amide bonds. The lowest BCUT2D eigenvalue weighted by molar-refractivity contribution is 0.286. The average molecular weight is 274 g/mol. The molecule has 0 heterocycles. The Kier molecular flexibility index (Phi) is 5.69. The van der Waals surface area contributed by atoms with Crippen LogP contribution in [0.5, 0.6) is 11.5 Å². The van der Waals surface area contributed by atoms with Gasteiger partial charge in [-0.15, -0.1) is 0 Å². The first-order valence-electron chi connectivity index (χ1n) is 7.23. The fraction of sp³-hybridized carbons (Fsp3) is 0.562. The lowest BCUT2D eigenvalue weighted by atomic mass is 10.2. The summed E-state index contributed by atoms with van der Waals surface area (Å²) in [5.74, 6) is 1.56. The van der Waals surface area contributed by atoms with Crippen LogP contribution in [0.4, 0.5) is 0 Å². The number of hydrogen-bond acceptors (Lipinski definition) is 4. The van der Waals surface area contributed by atoms with Gasteiger partial charge in [-0.05, 0) is 43.4 Å². The number of benzene rings is 1. The highest BCUT2D eigenvalue weighted by Crippen LogP contribution is 2.29. The Morgan fingerprint density at radius 2 is 2.15 bits per heavy atom. The number of nitrogens with zero attached hydrogens (tertiary/aromatic N) is 1. The molecule has 1 aromatic carbocycles. The van der Waals surface area contributed by atoms with E-state index in [-0.39, 0.29) is 0 Å². The van der Waals surface area contributed by atoms with E-state index in [9.17, 15) is 0 Å². The molecule has 0 aromatic heterocycles. The first-order valence-corrected chi connectivity index (χ1v) is 7.23. The van der Waals surface area contributed by atoms with E-state index < -0.39 is 0 Å². The van der Waals surface area contributed by atoms with Gasteiger partial charge < -0.3 is 14.8 Å². The zero-order chi connectivity index (χ0) is 14.2. The summed E-state index contributed by atoms with van der Waals surface area (Å²) in [5.41, 5.74) is 1.21. The topological polar surface area (TPSA) is 54.3 Å². The third-order valence-corrected chi connectivity index (χ3v) is 3.34. The predicted octanol–water partition coefficient (Wildman–Crippen LogP) is 3.02. The Labute approximate surface area is 120 Å². The summed E-state index contributed by atoms with van der Waals surface area (Å²) < 4.78 is 11.1. The van der Waals surface area contributed by atoms with Gasteiger partial charge in [-0.3, -0.25) is 0 Å². The summed E-state index contributed by atoms with van der Waals surface area (Å²) in [7, 11) is 1.66. The van der Waals surface area contributed by atoms with Gasteiger partial charge in [0.15, 0.2) is 11.5 Å². The van der Waals surface area contributed by atoms with E-state index in [4.69, 9.17) is 14.7 Å². The maximum Gasteiger partial charge on any atom is 0.161 e. The summed E-state index contributed by atoms with van der Waals surface area (Å²) >= 11 is 0. The Morgan fingerprint density at radius 3 is 2.85 bits per heavy atom. The number of rotatable bonds is 9. The molecule has 0 atom stereocenters. The molecule has 1 fully saturated rings. The molecule has 0 bridgehead atoms. The molecular weight excluding hydrogens is 252 g/mol. The fourth-order valence-electron chi connectivity index (χ4n) is 1.98. The maximum absolute atomic E-state index is 8.47. The minimum Gasteiger partial charge on any atom is -0.493 e. The second-order valence-electron chi connectivity index (χ2n) is 5.10. The van der Waals surface area contributed by atoms with Crippen molar-refractivity contribution >= 4 is 0 Å². The number of methoxy groups -OCH3 is 1. The van der Waals surface area contributed by atoms with E-state index in [0.717, 1.165) is 30.9 Å². The van der Waals surface area contributed by atoms with Gasteiger partial charge >= 0.3 is 0 Å². The Bertz CT molecular complexity index is 464. The third kappa shape index (κ3) is 4.75. The highest BCUT2D eigenvalue weighted by molar-refractivity contribution is 5.43. The van der Waals surface area contributed by atoms with Crippen molar-refractivity contribution in [2.75, 3.05) is 13.7 Å². The van der Waals surface area contributed by atoms with Crippen LogP contribution in [-0.2, 0) is 6.54 Å². The van der Waals surface area contributed by atoms with Crippen molar-refractivity contribution in [3.05, 3.63) is 23.8 Å². The average Bonchev–Trinajstić information content (AvgIpc) is 3.29. The molecule has 0 radical (unpaired) electrons. The molecule has 1 aromatic rings. The second-order valence-corrected chi connectivity index (χ2v) is 5.10. The summed E-state index contributed by atoms with van der Waals surface area (Å²) in [6.45, 7) is 1.50. The van der Waals surface area contributed by atoms with Crippen LogP contribution < -0.4 is 14.8 Å². The van der Waals surface area contributed by atoms with Crippen molar-refractivity contribution in [1.82, 2.24) is 5.32 Å². The minimum absolute atomic E-state index is 0.590. The molecule has 0 aliphatic heterocycles. The molecule has 4 heteroatoms. The quantitative estimate of drug-likeness (QED) is 0.703. The first-order chi connectivity index (χ1) is 9.83.